The molecule has 1 aliphatic carbocycles. The molecule has 1 aromatic heterocycles. The van der Waals surface area contributed by atoms with Gasteiger partial charge in [0.1, 0.15) is 4.90 Å². The molecular formula is C15H19NO3S2. The molecule has 2 N–H and O–H groups in total. The molecule has 1 aliphatic rings. The molecule has 0 bridgehead atoms. The summed E-state index contributed by atoms with van der Waals surface area (Å²) in [4.78, 5) is 1.19. The van der Waals surface area contributed by atoms with Crippen LogP contribution in [0.1, 0.15) is 24.1 Å². The topological polar surface area (TPSA) is 66.4 Å². The predicted octanol–water partition coefficient (Wildman–Crippen LogP) is 2.65. The van der Waals surface area contributed by atoms with Crippen molar-refractivity contribution in [3.63, 3.8) is 0 Å². The van der Waals surface area contributed by atoms with E-state index in [9.17, 15) is 13.5 Å². The average molecular weight is 325 g/mol. The fraction of sp³-hybridized carbons (Fsp3) is 0.467. The normalized spacial score (nSPS) is 23.0. The minimum atomic E-state index is -3.54. The first kappa shape index (κ1) is 15.0. The molecule has 0 radical (unpaired) electrons. The lowest BCUT2D eigenvalue weighted by molar-refractivity contribution is 0.134. The maximum absolute atomic E-state index is 12.6. The quantitative estimate of drug-likeness (QED) is 0.908. The lowest BCUT2D eigenvalue weighted by Gasteiger charge is -2.15. The maximum atomic E-state index is 12.6. The first-order valence-electron chi connectivity index (χ1n) is 7.15. The molecule has 0 aliphatic heterocycles. The number of hydrogen-bond donors (Lipinski definition) is 2. The molecule has 2 atom stereocenters. The Bertz CT molecular complexity index is 751. The van der Waals surface area contributed by atoms with Crippen LogP contribution in [-0.2, 0) is 10.0 Å². The Hall–Kier alpha value is -0.950. The molecule has 0 spiro atoms. The molecule has 21 heavy (non-hydrogen) atoms. The van der Waals surface area contributed by atoms with E-state index in [1.807, 2.05) is 31.2 Å². The van der Waals surface area contributed by atoms with Crippen molar-refractivity contribution in [3.05, 3.63) is 29.1 Å². The standard InChI is InChI=1S/C15H19NO3S2/c1-10-15(12-6-2-3-8-14(12)20-10)21(18,19)16-9-11-5-4-7-13(11)17/h2-3,6,8,11,13,16-17H,4-5,7,9H2,1H3. The highest BCUT2D eigenvalue weighted by Gasteiger charge is 2.28. The van der Waals surface area contributed by atoms with E-state index in [0.29, 0.717) is 11.4 Å². The summed E-state index contributed by atoms with van der Waals surface area (Å²) in [6, 6.07) is 7.55. The zero-order valence-electron chi connectivity index (χ0n) is 11.9. The van der Waals surface area contributed by atoms with Crippen LogP contribution < -0.4 is 4.72 Å². The molecule has 6 heteroatoms. The van der Waals surface area contributed by atoms with Crippen LogP contribution in [-0.4, -0.2) is 26.2 Å². The number of rotatable bonds is 4. The number of aliphatic hydroxyl groups excluding tert-OH is 1. The van der Waals surface area contributed by atoms with Crippen molar-refractivity contribution in [1.82, 2.24) is 4.72 Å². The number of nitrogens with one attached hydrogen (secondary N) is 1. The van der Waals surface area contributed by atoms with Gasteiger partial charge in [-0.25, -0.2) is 13.1 Å². The number of aryl methyl sites for hydroxylation is 1. The van der Waals surface area contributed by atoms with Crippen molar-refractivity contribution >= 4 is 31.4 Å². The number of fused-ring (bicyclic) bond motifs is 1. The van der Waals surface area contributed by atoms with E-state index in [-0.39, 0.29) is 12.0 Å². The predicted molar refractivity (Wildman–Crippen MR) is 85.1 cm³/mol. The molecule has 2 aromatic rings. The van der Waals surface area contributed by atoms with E-state index in [1.54, 1.807) is 0 Å². The summed E-state index contributed by atoms with van der Waals surface area (Å²) in [6.45, 7) is 2.15. The van der Waals surface area contributed by atoms with Crippen molar-refractivity contribution in [2.75, 3.05) is 6.54 Å². The van der Waals surface area contributed by atoms with Gasteiger partial charge in [0.15, 0.2) is 0 Å². The SMILES string of the molecule is Cc1sc2ccccc2c1S(=O)(=O)NCC1CCCC1O. The summed E-state index contributed by atoms with van der Waals surface area (Å²) in [5.74, 6) is 0.0324. The number of hydrogen-bond acceptors (Lipinski definition) is 4. The smallest absolute Gasteiger partial charge is 0.242 e. The van der Waals surface area contributed by atoms with Crippen molar-refractivity contribution in [1.29, 1.82) is 0 Å². The lowest BCUT2D eigenvalue weighted by Crippen LogP contribution is -2.32. The van der Waals surface area contributed by atoms with Crippen LogP contribution in [0.25, 0.3) is 10.1 Å². The van der Waals surface area contributed by atoms with Gasteiger partial charge in [0.05, 0.1) is 6.10 Å². The Morgan fingerprint density at radius 1 is 1.33 bits per heavy atom. The monoisotopic (exact) mass is 325 g/mol. The largest absolute Gasteiger partial charge is 0.393 e. The first-order chi connectivity index (χ1) is 9.99. The summed E-state index contributed by atoms with van der Waals surface area (Å²) in [6.07, 6.45) is 2.24. The molecule has 4 nitrogen and oxygen atoms in total. The van der Waals surface area contributed by atoms with Crippen LogP contribution in [0.4, 0.5) is 0 Å². The molecule has 114 valence electrons. The molecule has 1 heterocycles. The van der Waals surface area contributed by atoms with Crippen LogP contribution in [0, 0.1) is 12.8 Å². The minimum absolute atomic E-state index is 0.0324. The van der Waals surface area contributed by atoms with E-state index in [0.717, 1.165) is 34.2 Å². The summed E-state index contributed by atoms with van der Waals surface area (Å²) in [5.41, 5.74) is 0. The summed E-state index contributed by atoms with van der Waals surface area (Å²) in [5, 5.41) is 10.6. The summed E-state index contributed by atoms with van der Waals surface area (Å²) < 4.78 is 28.9. The second-order valence-corrected chi connectivity index (χ2v) is 8.55. The van der Waals surface area contributed by atoms with Crippen molar-refractivity contribution < 1.29 is 13.5 Å². The summed E-state index contributed by atoms with van der Waals surface area (Å²) in [7, 11) is -3.54. The van der Waals surface area contributed by atoms with Crippen LogP contribution >= 0.6 is 11.3 Å². The average Bonchev–Trinajstić information content (AvgIpc) is 2.99. The van der Waals surface area contributed by atoms with Crippen LogP contribution in [0.3, 0.4) is 0 Å². The first-order valence-corrected chi connectivity index (χ1v) is 9.45. The fourth-order valence-electron chi connectivity index (χ4n) is 3.02. The highest BCUT2D eigenvalue weighted by molar-refractivity contribution is 7.90. The number of aliphatic hydroxyl groups is 1. The van der Waals surface area contributed by atoms with E-state index in [4.69, 9.17) is 0 Å². The van der Waals surface area contributed by atoms with Gasteiger partial charge in [-0.3, -0.25) is 0 Å². The molecule has 1 fully saturated rings. The van der Waals surface area contributed by atoms with E-state index < -0.39 is 10.0 Å². The van der Waals surface area contributed by atoms with E-state index in [2.05, 4.69) is 4.72 Å². The molecule has 1 aromatic carbocycles. The third-order valence-electron chi connectivity index (χ3n) is 4.14. The lowest BCUT2D eigenvalue weighted by atomic mass is 10.1. The fourth-order valence-corrected chi connectivity index (χ4v) is 5.92. The van der Waals surface area contributed by atoms with Gasteiger partial charge in [0.2, 0.25) is 10.0 Å². The third kappa shape index (κ3) is 2.85. The maximum Gasteiger partial charge on any atom is 0.242 e. The van der Waals surface area contributed by atoms with Crippen LogP contribution in [0.5, 0.6) is 0 Å². The van der Waals surface area contributed by atoms with Gasteiger partial charge in [-0.05, 0) is 31.7 Å². The number of sulfonamides is 1. The van der Waals surface area contributed by atoms with E-state index in [1.165, 1.54) is 11.3 Å². The molecule has 1 saturated carbocycles. The number of thiophene rings is 1. The molecule has 2 unspecified atom stereocenters. The van der Waals surface area contributed by atoms with Gasteiger partial charge in [0, 0.05) is 21.5 Å². The molecule has 3 rings (SSSR count). The number of benzene rings is 1. The van der Waals surface area contributed by atoms with Crippen LogP contribution in [0.2, 0.25) is 0 Å². The van der Waals surface area contributed by atoms with Gasteiger partial charge in [-0.2, -0.15) is 0 Å². The Kier molecular flexibility index (Phi) is 4.05. The zero-order chi connectivity index (χ0) is 15.0. The molecule has 0 saturated heterocycles. The van der Waals surface area contributed by atoms with Gasteiger partial charge < -0.3 is 5.11 Å². The second kappa shape index (κ2) is 5.68. The summed E-state index contributed by atoms with van der Waals surface area (Å²) >= 11 is 1.50. The highest BCUT2D eigenvalue weighted by atomic mass is 32.2. The Balaban J connectivity index is 1.88. The minimum Gasteiger partial charge on any atom is -0.393 e. The van der Waals surface area contributed by atoms with Crippen molar-refractivity contribution in [2.45, 2.75) is 37.2 Å². The Morgan fingerprint density at radius 2 is 2.10 bits per heavy atom. The highest BCUT2D eigenvalue weighted by Crippen LogP contribution is 2.34. The van der Waals surface area contributed by atoms with Gasteiger partial charge in [-0.15, -0.1) is 11.3 Å². The Morgan fingerprint density at radius 3 is 2.81 bits per heavy atom. The van der Waals surface area contributed by atoms with Gasteiger partial charge >= 0.3 is 0 Å². The van der Waals surface area contributed by atoms with Gasteiger partial charge in [-0.1, -0.05) is 24.6 Å². The molecule has 0 amide bonds. The third-order valence-corrected chi connectivity index (χ3v) is 6.96. The van der Waals surface area contributed by atoms with Gasteiger partial charge in [0.25, 0.3) is 0 Å². The van der Waals surface area contributed by atoms with E-state index >= 15 is 0 Å². The second-order valence-electron chi connectivity index (χ2n) is 5.59. The Labute approximate surface area is 128 Å². The van der Waals surface area contributed by atoms with Crippen LogP contribution in [0.15, 0.2) is 29.2 Å². The molecular weight excluding hydrogens is 306 g/mol. The van der Waals surface area contributed by atoms with Crippen molar-refractivity contribution in [3.8, 4) is 0 Å². The van der Waals surface area contributed by atoms with Crippen molar-refractivity contribution in [2.24, 2.45) is 5.92 Å². The zero-order valence-corrected chi connectivity index (χ0v) is 13.5.